The molecule has 0 radical (unpaired) electrons. The van der Waals surface area contributed by atoms with Gasteiger partial charge >= 0.3 is 5.97 Å². The highest BCUT2D eigenvalue weighted by Crippen LogP contribution is 2.40. The van der Waals surface area contributed by atoms with Crippen LogP contribution < -0.4 is 0 Å². The van der Waals surface area contributed by atoms with Crippen molar-refractivity contribution in [3.63, 3.8) is 0 Å². The van der Waals surface area contributed by atoms with Crippen LogP contribution in [0.15, 0.2) is 35.7 Å². The van der Waals surface area contributed by atoms with Gasteiger partial charge in [0.1, 0.15) is 17.2 Å². The number of rotatable bonds is 4. The second kappa shape index (κ2) is 7.12. The number of thioether (sulfide) groups is 1. The lowest BCUT2D eigenvalue weighted by atomic mass is 10.0. The Bertz CT molecular complexity index is 916. The number of β-lactam (4-membered cyclic amide) rings is 1. The highest BCUT2D eigenvalue weighted by Gasteiger charge is 2.59. The summed E-state index contributed by atoms with van der Waals surface area (Å²) < 4.78 is 4.59. The number of aliphatic hydroxyl groups excluding tert-OH is 1. The van der Waals surface area contributed by atoms with Crippen molar-refractivity contribution in [3.05, 3.63) is 46.8 Å². The SMILES string of the molecule is COC(=O)C(=C(C)O)N1C(=O)C(N2C(=O)c3ccccc3C2=O)C1SC(C)=O. The number of likely N-dealkylation sites (tertiary alicyclic amines) is 1. The van der Waals surface area contributed by atoms with Crippen molar-refractivity contribution >= 4 is 40.6 Å². The van der Waals surface area contributed by atoms with Crippen LogP contribution in [-0.4, -0.2) is 62.2 Å². The third kappa shape index (κ3) is 2.85. The first-order chi connectivity index (χ1) is 13.2. The molecule has 3 amide bonds. The quantitative estimate of drug-likeness (QED) is 0.260. The zero-order chi connectivity index (χ0) is 20.7. The van der Waals surface area contributed by atoms with Crippen molar-refractivity contribution in [2.24, 2.45) is 0 Å². The molecule has 28 heavy (non-hydrogen) atoms. The molecule has 2 unspecified atom stereocenters. The summed E-state index contributed by atoms with van der Waals surface area (Å²) in [5, 5.41) is 8.39. The topological polar surface area (TPSA) is 121 Å². The Kier molecular flexibility index (Phi) is 4.99. The Morgan fingerprint density at radius 3 is 2.04 bits per heavy atom. The molecule has 0 bridgehead atoms. The number of esters is 1. The number of nitrogens with zero attached hydrogens (tertiary/aromatic N) is 2. The van der Waals surface area contributed by atoms with Gasteiger partial charge in [0, 0.05) is 6.92 Å². The molecule has 1 fully saturated rings. The van der Waals surface area contributed by atoms with E-state index in [0.29, 0.717) is 11.8 Å². The van der Waals surface area contributed by atoms with Crippen molar-refractivity contribution < 1.29 is 33.8 Å². The monoisotopic (exact) mass is 404 g/mol. The molecule has 2 atom stereocenters. The van der Waals surface area contributed by atoms with Gasteiger partial charge in [0.2, 0.25) is 0 Å². The van der Waals surface area contributed by atoms with E-state index in [4.69, 9.17) is 0 Å². The van der Waals surface area contributed by atoms with Crippen LogP contribution in [-0.2, 0) is 19.1 Å². The minimum absolute atomic E-state index is 0.160. The van der Waals surface area contributed by atoms with E-state index in [9.17, 15) is 29.1 Å². The number of carbonyl (C=O) groups is 5. The Morgan fingerprint density at radius 1 is 1.07 bits per heavy atom. The maximum absolute atomic E-state index is 12.9. The van der Waals surface area contributed by atoms with Crippen LogP contribution in [0.1, 0.15) is 34.6 Å². The summed E-state index contributed by atoms with van der Waals surface area (Å²) in [5.41, 5.74) is -0.126. The zero-order valence-electron chi connectivity index (χ0n) is 15.2. The van der Waals surface area contributed by atoms with E-state index in [1.54, 1.807) is 12.1 Å². The summed E-state index contributed by atoms with van der Waals surface area (Å²) in [6.45, 7) is 2.43. The van der Waals surface area contributed by atoms with Crippen LogP contribution in [0.3, 0.4) is 0 Å². The first-order valence-corrected chi connectivity index (χ1v) is 9.04. The van der Waals surface area contributed by atoms with Crippen LogP contribution in [0.5, 0.6) is 0 Å². The van der Waals surface area contributed by atoms with Crippen molar-refractivity contribution in [1.82, 2.24) is 9.80 Å². The number of ether oxygens (including phenoxy) is 1. The minimum atomic E-state index is -1.29. The number of benzene rings is 1. The Hall–Kier alpha value is -3.14. The van der Waals surface area contributed by atoms with E-state index in [0.717, 1.165) is 16.9 Å². The van der Waals surface area contributed by atoms with Crippen LogP contribution >= 0.6 is 11.8 Å². The Morgan fingerprint density at radius 2 is 1.61 bits per heavy atom. The molecule has 1 saturated heterocycles. The molecular formula is C18H16N2O7S. The molecule has 10 heteroatoms. The van der Waals surface area contributed by atoms with Gasteiger partial charge in [0.05, 0.1) is 18.2 Å². The smallest absolute Gasteiger partial charge is 0.358 e. The number of hydrogen-bond donors (Lipinski definition) is 1. The Balaban J connectivity index is 2.01. The lowest BCUT2D eigenvalue weighted by molar-refractivity contribution is -0.153. The number of aliphatic hydroxyl groups is 1. The summed E-state index contributed by atoms with van der Waals surface area (Å²) in [6.07, 6.45) is 0. The van der Waals surface area contributed by atoms with E-state index < -0.39 is 51.7 Å². The summed E-state index contributed by atoms with van der Waals surface area (Å²) in [5.74, 6) is -3.56. The van der Waals surface area contributed by atoms with Gasteiger partial charge in [-0.3, -0.25) is 29.0 Å². The fourth-order valence-corrected chi connectivity index (χ4v) is 4.21. The molecular weight excluding hydrogens is 388 g/mol. The number of carbonyl (C=O) groups excluding carboxylic acids is 5. The molecule has 0 spiro atoms. The number of hydrogen-bond acceptors (Lipinski definition) is 8. The van der Waals surface area contributed by atoms with E-state index in [1.165, 1.54) is 26.0 Å². The van der Waals surface area contributed by atoms with E-state index in [1.807, 2.05) is 0 Å². The van der Waals surface area contributed by atoms with Gasteiger partial charge in [-0.1, -0.05) is 23.9 Å². The average Bonchev–Trinajstić information content (AvgIpc) is 2.90. The second-order valence-corrected chi connectivity index (χ2v) is 7.40. The van der Waals surface area contributed by atoms with Crippen molar-refractivity contribution in [2.45, 2.75) is 25.3 Å². The molecule has 146 valence electrons. The van der Waals surface area contributed by atoms with Gasteiger partial charge in [0.15, 0.2) is 10.8 Å². The summed E-state index contributed by atoms with van der Waals surface area (Å²) >= 11 is 0.671. The Labute approximate surface area is 163 Å². The van der Waals surface area contributed by atoms with Crippen molar-refractivity contribution in [2.75, 3.05) is 7.11 Å². The van der Waals surface area contributed by atoms with Gasteiger partial charge in [-0.05, 0) is 19.1 Å². The number of fused-ring (bicyclic) bond motifs is 1. The second-order valence-electron chi connectivity index (χ2n) is 6.10. The zero-order valence-corrected chi connectivity index (χ0v) is 16.0. The van der Waals surface area contributed by atoms with Gasteiger partial charge in [0.25, 0.3) is 17.7 Å². The fraction of sp³-hybridized carbons (Fsp3) is 0.278. The molecule has 3 rings (SSSR count). The van der Waals surface area contributed by atoms with Crippen molar-refractivity contribution in [3.8, 4) is 0 Å². The number of methoxy groups -OCH3 is 1. The highest BCUT2D eigenvalue weighted by atomic mass is 32.2. The number of amides is 3. The molecule has 2 heterocycles. The third-order valence-corrected chi connectivity index (χ3v) is 5.41. The average molecular weight is 404 g/mol. The highest BCUT2D eigenvalue weighted by molar-refractivity contribution is 8.14. The summed E-state index contributed by atoms with van der Waals surface area (Å²) in [6, 6.07) is 4.84. The fourth-order valence-electron chi connectivity index (χ4n) is 3.19. The first-order valence-electron chi connectivity index (χ1n) is 8.16. The van der Waals surface area contributed by atoms with E-state index in [2.05, 4.69) is 4.74 Å². The lowest BCUT2D eigenvalue weighted by Gasteiger charge is -2.48. The molecule has 0 saturated carbocycles. The van der Waals surface area contributed by atoms with Crippen LogP contribution in [0.4, 0.5) is 0 Å². The van der Waals surface area contributed by atoms with Gasteiger partial charge in [-0.2, -0.15) is 0 Å². The molecule has 0 aliphatic carbocycles. The normalized spacial score (nSPS) is 21.9. The lowest BCUT2D eigenvalue weighted by Crippen LogP contribution is -2.70. The molecule has 9 nitrogen and oxygen atoms in total. The largest absolute Gasteiger partial charge is 0.510 e. The van der Waals surface area contributed by atoms with Crippen LogP contribution in [0.25, 0.3) is 0 Å². The molecule has 0 aromatic heterocycles. The molecule has 1 N–H and O–H groups in total. The molecule has 1 aromatic carbocycles. The van der Waals surface area contributed by atoms with Gasteiger partial charge in [-0.25, -0.2) is 4.79 Å². The predicted molar refractivity (Wildman–Crippen MR) is 97.0 cm³/mol. The van der Waals surface area contributed by atoms with E-state index >= 15 is 0 Å². The van der Waals surface area contributed by atoms with Gasteiger partial charge in [-0.15, -0.1) is 0 Å². The van der Waals surface area contributed by atoms with Crippen LogP contribution in [0, 0.1) is 0 Å². The predicted octanol–water partition coefficient (Wildman–Crippen LogP) is 1.06. The number of allylic oxidation sites excluding steroid dienone is 1. The standard InChI is InChI=1S/C18H16N2O7S/c1-8(21)12(18(26)27-3)20-16(25)13(17(20)28-9(2)22)19-14(23)10-6-4-5-7-11(10)15(19)24/h4-7,13,17,21H,1-3H3. The molecule has 2 aliphatic rings. The maximum atomic E-state index is 12.9. The number of imide groups is 1. The summed E-state index contributed by atoms with van der Waals surface area (Å²) in [4.78, 5) is 63.7. The van der Waals surface area contributed by atoms with E-state index in [-0.39, 0.29) is 11.1 Å². The van der Waals surface area contributed by atoms with Crippen molar-refractivity contribution in [1.29, 1.82) is 0 Å². The third-order valence-electron chi connectivity index (χ3n) is 4.37. The molecule has 2 aliphatic heterocycles. The molecule has 1 aromatic rings. The maximum Gasteiger partial charge on any atom is 0.358 e. The van der Waals surface area contributed by atoms with Crippen LogP contribution in [0.2, 0.25) is 0 Å². The first kappa shape index (κ1) is 19.6. The summed E-state index contributed by atoms with van der Waals surface area (Å²) in [7, 11) is 1.07. The van der Waals surface area contributed by atoms with Gasteiger partial charge < -0.3 is 9.84 Å². The minimum Gasteiger partial charge on any atom is -0.510 e.